The van der Waals surface area contributed by atoms with E-state index in [-0.39, 0.29) is 0 Å². The van der Waals surface area contributed by atoms with Crippen molar-refractivity contribution in [2.45, 2.75) is 19.9 Å². The quantitative estimate of drug-likeness (QED) is 0.609. The molecule has 0 aliphatic carbocycles. The van der Waals surface area contributed by atoms with E-state index in [4.69, 9.17) is 0 Å². The molecule has 1 aromatic carbocycles. The van der Waals surface area contributed by atoms with Gasteiger partial charge >= 0.3 is 0 Å². The van der Waals surface area contributed by atoms with E-state index in [9.17, 15) is 0 Å². The second-order valence-electron chi connectivity index (χ2n) is 5.38. The molecule has 3 heterocycles. The molecule has 0 bridgehead atoms. The molecule has 4 rings (SSSR count). The van der Waals surface area contributed by atoms with E-state index in [1.807, 2.05) is 30.7 Å². The average molecular weight is 277 g/mol. The molecule has 0 aliphatic rings. The molecule has 0 fully saturated rings. The van der Waals surface area contributed by atoms with Gasteiger partial charge in [-0.15, -0.1) is 0 Å². The van der Waals surface area contributed by atoms with Crippen LogP contribution in [0.4, 0.5) is 0 Å². The molecule has 104 valence electrons. The van der Waals surface area contributed by atoms with E-state index in [0.29, 0.717) is 6.04 Å². The summed E-state index contributed by atoms with van der Waals surface area (Å²) in [5.74, 6) is 0. The van der Waals surface area contributed by atoms with Gasteiger partial charge in [0.1, 0.15) is 12.0 Å². The Balaban J connectivity index is 2.11. The number of imidazole rings is 1. The Bertz CT molecular complexity index is 932. The lowest BCUT2D eigenvalue weighted by Gasteiger charge is -2.11. The summed E-state index contributed by atoms with van der Waals surface area (Å²) in [5.41, 5.74) is 4.99. The molecule has 0 unspecified atom stereocenters. The molecule has 0 atom stereocenters. The van der Waals surface area contributed by atoms with Crippen LogP contribution in [0.25, 0.3) is 33.3 Å². The molecule has 0 saturated heterocycles. The molecule has 3 aromatic heterocycles. The van der Waals surface area contributed by atoms with Crippen LogP contribution in [0, 0.1) is 0 Å². The van der Waals surface area contributed by atoms with Crippen LogP contribution in [-0.4, -0.2) is 24.5 Å². The molecule has 1 N–H and O–H groups in total. The largest absolute Gasteiger partial charge is 0.346 e. The van der Waals surface area contributed by atoms with Gasteiger partial charge in [-0.25, -0.2) is 15.0 Å². The highest BCUT2D eigenvalue weighted by atomic mass is 15.1. The SMILES string of the molecule is CC(C)n1cnc2cccc(-c3ncnc4[nH]ccc34)c21. The summed E-state index contributed by atoms with van der Waals surface area (Å²) in [4.78, 5) is 16.4. The topological polar surface area (TPSA) is 59.4 Å². The summed E-state index contributed by atoms with van der Waals surface area (Å²) in [6, 6.07) is 8.51. The zero-order valence-corrected chi connectivity index (χ0v) is 11.9. The first-order valence-electron chi connectivity index (χ1n) is 6.99. The zero-order valence-electron chi connectivity index (χ0n) is 11.9. The molecule has 0 saturated carbocycles. The number of H-pyrrole nitrogens is 1. The van der Waals surface area contributed by atoms with Gasteiger partial charge in [-0.1, -0.05) is 12.1 Å². The molecule has 0 amide bonds. The van der Waals surface area contributed by atoms with E-state index >= 15 is 0 Å². The normalized spacial score (nSPS) is 11.8. The van der Waals surface area contributed by atoms with Crippen molar-refractivity contribution in [3.63, 3.8) is 0 Å². The van der Waals surface area contributed by atoms with Gasteiger partial charge in [-0.3, -0.25) is 0 Å². The molecule has 21 heavy (non-hydrogen) atoms. The lowest BCUT2D eigenvalue weighted by Crippen LogP contribution is -2.00. The van der Waals surface area contributed by atoms with Crippen molar-refractivity contribution in [3.05, 3.63) is 43.1 Å². The van der Waals surface area contributed by atoms with E-state index < -0.39 is 0 Å². The number of nitrogens with zero attached hydrogens (tertiary/aromatic N) is 4. The van der Waals surface area contributed by atoms with Gasteiger partial charge in [-0.2, -0.15) is 0 Å². The third kappa shape index (κ3) is 1.74. The Morgan fingerprint density at radius 2 is 2.00 bits per heavy atom. The summed E-state index contributed by atoms with van der Waals surface area (Å²) in [7, 11) is 0. The number of hydrogen-bond donors (Lipinski definition) is 1. The van der Waals surface area contributed by atoms with E-state index in [2.05, 4.69) is 44.4 Å². The second kappa shape index (κ2) is 4.41. The summed E-state index contributed by atoms with van der Waals surface area (Å²) in [6.45, 7) is 4.31. The van der Waals surface area contributed by atoms with Crippen LogP contribution < -0.4 is 0 Å². The molecule has 0 aliphatic heterocycles. The summed E-state index contributed by atoms with van der Waals surface area (Å²) in [6.07, 6.45) is 5.39. The third-order valence-corrected chi connectivity index (χ3v) is 3.76. The van der Waals surface area contributed by atoms with Crippen LogP contribution in [0.3, 0.4) is 0 Å². The van der Waals surface area contributed by atoms with Crippen LogP contribution in [0.5, 0.6) is 0 Å². The monoisotopic (exact) mass is 277 g/mol. The van der Waals surface area contributed by atoms with Crippen LogP contribution in [0.1, 0.15) is 19.9 Å². The van der Waals surface area contributed by atoms with E-state index in [1.54, 1.807) is 6.33 Å². The highest BCUT2D eigenvalue weighted by Crippen LogP contribution is 2.32. The molecule has 4 aromatic rings. The number of aromatic nitrogens is 5. The average Bonchev–Trinajstić information content (AvgIpc) is 3.12. The predicted molar refractivity (Wildman–Crippen MR) is 83.0 cm³/mol. The first-order valence-corrected chi connectivity index (χ1v) is 6.99. The number of benzene rings is 1. The lowest BCUT2D eigenvalue weighted by molar-refractivity contribution is 0.618. The zero-order chi connectivity index (χ0) is 14.4. The molecular weight excluding hydrogens is 262 g/mol. The highest BCUT2D eigenvalue weighted by Gasteiger charge is 2.15. The van der Waals surface area contributed by atoms with Crippen molar-refractivity contribution in [2.75, 3.05) is 0 Å². The van der Waals surface area contributed by atoms with Crippen molar-refractivity contribution < 1.29 is 0 Å². The van der Waals surface area contributed by atoms with Gasteiger partial charge in [0.15, 0.2) is 0 Å². The molecular formula is C16H15N5. The fraction of sp³-hybridized carbons (Fsp3) is 0.188. The van der Waals surface area contributed by atoms with Crippen molar-refractivity contribution in [3.8, 4) is 11.3 Å². The number of hydrogen-bond acceptors (Lipinski definition) is 3. The highest BCUT2D eigenvalue weighted by molar-refractivity contribution is 5.99. The minimum atomic E-state index is 0.347. The summed E-state index contributed by atoms with van der Waals surface area (Å²) >= 11 is 0. The number of para-hydroxylation sites is 1. The maximum Gasteiger partial charge on any atom is 0.141 e. The Morgan fingerprint density at radius 3 is 2.86 bits per heavy atom. The van der Waals surface area contributed by atoms with Crippen LogP contribution in [0.15, 0.2) is 43.1 Å². The Labute approximate surface area is 121 Å². The van der Waals surface area contributed by atoms with Crippen molar-refractivity contribution >= 4 is 22.1 Å². The van der Waals surface area contributed by atoms with Crippen molar-refractivity contribution in [2.24, 2.45) is 0 Å². The van der Waals surface area contributed by atoms with Gasteiger partial charge in [0.05, 0.1) is 23.1 Å². The lowest BCUT2D eigenvalue weighted by atomic mass is 10.1. The van der Waals surface area contributed by atoms with E-state index in [0.717, 1.165) is 33.3 Å². The Kier molecular flexibility index (Phi) is 2.54. The van der Waals surface area contributed by atoms with Crippen LogP contribution >= 0.6 is 0 Å². The fourth-order valence-corrected chi connectivity index (χ4v) is 2.76. The Morgan fingerprint density at radius 1 is 1.10 bits per heavy atom. The first kappa shape index (κ1) is 12.1. The van der Waals surface area contributed by atoms with Gasteiger partial charge in [0.2, 0.25) is 0 Å². The van der Waals surface area contributed by atoms with Gasteiger partial charge < -0.3 is 9.55 Å². The maximum absolute atomic E-state index is 4.51. The minimum Gasteiger partial charge on any atom is -0.346 e. The Hall–Kier alpha value is -2.69. The molecule has 5 heteroatoms. The van der Waals surface area contributed by atoms with Gasteiger partial charge in [0.25, 0.3) is 0 Å². The van der Waals surface area contributed by atoms with E-state index in [1.165, 1.54) is 0 Å². The maximum atomic E-state index is 4.51. The summed E-state index contributed by atoms with van der Waals surface area (Å²) in [5, 5.41) is 1.03. The first-order chi connectivity index (χ1) is 10.3. The number of nitrogens with one attached hydrogen (secondary N) is 1. The number of rotatable bonds is 2. The standard InChI is InChI=1S/C16H15N5/c1-10(2)21-9-20-13-5-3-4-11(15(13)21)14-12-6-7-17-16(12)19-8-18-14/h3-10H,1-2H3,(H,17,18,19). The van der Waals surface area contributed by atoms with Crippen LogP contribution in [0.2, 0.25) is 0 Å². The van der Waals surface area contributed by atoms with Crippen molar-refractivity contribution in [1.29, 1.82) is 0 Å². The van der Waals surface area contributed by atoms with Crippen LogP contribution in [-0.2, 0) is 0 Å². The molecule has 0 spiro atoms. The number of fused-ring (bicyclic) bond motifs is 2. The third-order valence-electron chi connectivity index (χ3n) is 3.76. The molecule has 5 nitrogen and oxygen atoms in total. The molecule has 0 radical (unpaired) electrons. The summed E-state index contributed by atoms with van der Waals surface area (Å²) < 4.78 is 2.19. The van der Waals surface area contributed by atoms with Crippen molar-refractivity contribution in [1.82, 2.24) is 24.5 Å². The second-order valence-corrected chi connectivity index (χ2v) is 5.38. The smallest absolute Gasteiger partial charge is 0.141 e. The van der Waals surface area contributed by atoms with Gasteiger partial charge in [0, 0.05) is 23.2 Å². The minimum absolute atomic E-state index is 0.347. The predicted octanol–water partition coefficient (Wildman–Crippen LogP) is 3.56. The number of aromatic amines is 1. The van der Waals surface area contributed by atoms with Gasteiger partial charge in [-0.05, 0) is 26.0 Å². The fourth-order valence-electron chi connectivity index (χ4n) is 2.76.